The van der Waals surface area contributed by atoms with E-state index in [-0.39, 0.29) is 6.03 Å². The van der Waals surface area contributed by atoms with Crippen LogP contribution in [0.4, 0.5) is 10.5 Å². The maximum atomic E-state index is 12.4. The van der Waals surface area contributed by atoms with Gasteiger partial charge in [-0.3, -0.25) is 0 Å². The van der Waals surface area contributed by atoms with Gasteiger partial charge in [0, 0.05) is 23.7 Å². The van der Waals surface area contributed by atoms with Gasteiger partial charge in [0.1, 0.15) is 6.04 Å². The topological polar surface area (TPSA) is 69.6 Å². The normalized spacial score (nSPS) is 18.4. The summed E-state index contributed by atoms with van der Waals surface area (Å²) < 4.78 is 0. The number of amides is 2. The molecule has 1 aliphatic heterocycles. The second-order valence-electron chi connectivity index (χ2n) is 5.33. The third-order valence-electron chi connectivity index (χ3n) is 3.58. The van der Waals surface area contributed by atoms with E-state index in [0.29, 0.717) is 12.3 Å². The molecule has 2 rings (SSSR count). The number of carboxylic acid groups (broad SMARTS) is 1. The number of anilines is 1. The molecule has 1 unspecified atom stereocenters. The van der Waals surface area contributed by atoms with Crippen molar-refractivity contribution < 1.29 is 14.7 Å². The summed E-state index contributed by atoms with van der Waals surface area (Å²) in [5, 5.41) is 12.1. The number of carbonyl (C=O) groups excluding carboxylic acids is 1. The minimum atomic E-state index is -0.949. The van der Waals surface area contributed by atoms with Crippen LogP contribution in [0.1, 0.15) is 16.7 Å². The largest absolute Gasteiger partial charge is 0.480 e. The molecule has 1 fully saturated rings. The Hall–Kier alpha value is -1.69. The molecule has 0 radical (unpaired) electrons. The molecule has 6 heteroatoms. The molecule has 0 saturated carbocycles. The fourth-order valence-electron chi connectivity index (χ4n) is 2.61. The fourth-order valence-corrected chi connectivity index (χ4v) is 3.65. The van der Waals surface area contributed by atoms with Gasteiger partial charge >= 0.3 is 12.0 Å². The molecule has 1 aromatic rings. The van der Waals surface area contributed by atoms with Crippen LogP contribution in [0.3, 0.4) is 0 Å². The van der Waals surface area contributed by atoms with Crippen molar-refractivity contribution in [3.8, 4) is 0 Å². The van der Waals surface area contributed by atoms with Gasteiger partial charge in [-0.05, 0) is 31.9 Å². The number of thioether (sulfide) groups is 1. The van der Waals surface area contributed by atoms with Gasteiger partial charge < -0.3 is 15.3 Å². The number of carbonyl (C=O) groups is 2. The highest BCUT2D eigenvalue weighted by atomic mass is 32.2. The monoisotopic (exact) mass is 308 g/mol. The standard InChI is InChI=1S/C15H20N2O3S/c1-9-6-10(2)13(11(3)7-9)16-15(20)17-4-5-21-8-12(17)14(18)19/h6-7,12H,4-5,8H2,1-3H3,(H,16,20)(H,18,19). The van der Waals surface area contributed by atoms with Crippen LogP contribution in [0, 0.1) is 20.8 Å². The molecule has 21 heavy (non-hydrogen) atoms. The molecule has 0 spiro atoms. The lowest BCUT2D eigenvalue weighted by atomic mass is 10.1. The molecule has 2 N–H and O–H groups in total. The summed E-state index contributed by atoms with van der Waals surface area (Å²) in [6, 6.07) is 2.92. The van der Waals surface area contributed by atoms with Crippen molar-refractivity contribution in [2.45, 2.75) is 26.8 Å². The number of nitrogens with zero attached hydrogens (tertiary/aromatic N) is 1. The van der Waals surface area contributed by atoms with Crippen molar-refractivity contribution in [2.75, 3.05) is 23.4 Å². The lowest BCUT2D eigenvalue weighted by molar-refractivity contribution is -0.141. The Morgan fingerprint density at radius 3 is 2.48 bits per heavy atom. The van der Waals surface area contributed by atoms with Gasteiger partial charge in [0.05, 0.1) is 0 Å². The summed E-state index contributed by atoms with van der Waals surface area (Å²) in [7, 11) is 0. The molecule has 0 aromatic heterocycles. The zero-order chi connectivity index (χ0) is 15.6. The van der Waals surface area contributed by atoms with E-state index in [1.807, 2.05) is 32.9 Å². The van der Waals surface area contributed by atoms with Crippen LogP contribution in [-0.2, 0) is 4.79 Å². The van der Waals surface area contributed by atoms with Crippen molar-refractivity contribution in [3.05, 3.63) is 28.8 Å². The second-order valence-corrected chi connectivity index (χ2v) is 6.48. The van der Waals surface area contributed by atoms with E-state index in [1.165, 1.54) is 4.90 Å². The van der Waals surface area contributed by atoms with Gasteiger partial charge in [-0.25, -0.2) is 9.59 Å². The smallest absolute Gasteiger partial charge is 0.327 e. The van der Waals surface area contributed by atoms with Crippen molar-refractivity contribution >= 4 is 29.4 Å². The number of carboxylic acids is 1. The van der Waals surface area contributed by atoms with Gasteiger partial charge in [-0.15, -0.1) is 0 Å². The highest BCUT2D eigenvalue weighted by Crippen LogP contribution is 2.24. The first-order valence-electron chi connectivity index (χ1n) is 6.86. The molecule has 1 saturated heterocycles. The van der Waals surface area contributed by atoms with Crippen LogP contribution in [0.5, 0.6) is 0 Å². The second kappa shape index (κ2) is 6.39. The average Bonchev–Trinajstić information content (AvgIpc) is 2.42. The minimum absolute atomic E-state index is 0.335. The summed E-state index contributed by atoms with van der Waals surface area (Å²) in [6.07, 6.45) is 0. The van der Waals surface area contributed by atoms with Crippen LogP contribution < -0.4 is 5.32 Å². The Bertz CT molecular complexity index is 551. The van der Waals surface area contributed by atoms with E-state index in [1.54, 1.807) is 11.8 Å². The zero-order valence-electron chi connectivity index (χ0n) is 12.5. The Morgan fingerprint density at radius 1 is 1.29 bits per heavy atom. The van der Waals surface area contributed by atoms with E-state index >= 15 is 0 Å². The number of aryl methyl sites for hydroxylation is 3. The maximum absolute atomic E-state index is 12.4. The van der Waals surface area contributed by atoms with Crippen LogP contribution in [-0.4, -0.2) is 46.1 Å². The predicted octanol–water partition coefficient (Wildman–Crippen LogP) is 2.65. The third kappa shape index (κ3) is 3.50. The molecule has 1 aliphatic rings. The van der Waals surface area contributed by atoms with E-state index < -0.39 is 12.0 Å². The molecule has 0 bridgehead atoms. The molecule has 114 valence electrons. The molecular weight excluding hydrogens is 288 g/mol. The van der Waals surface area contributed by atoms with Crippen LogP contribution in [0.15, 0.2) is 12.1 Å². The van der Waals surface area contributed by atoms with E-state index in [4.69, 9.17) is 0 Å². The van der Waals surface area contributed by atoms with Gasteiger partial charge in [0.2, 0.25) is 0 Å². The number of nitrogens with one attached hydrogen (secondary N) is 1. The molecule has 1 atom stereocenters. The Kier molecular flexibility index (Phi) is 4.77. The molecule has 1 heterocycles. The molecule has 1 aromatic carbocycles. The first kappa shape index (κ1) is 15.7. The Balaban J connectivity index is 2.19. The Morgan fingerprint density at radius 2 is 1.90 bits per heavy atom. The van der Waals surface area contributed by atoms with Crippen LogP contribution in [0.2, 0.25) is 0 Å². The maximum Gasteiger partial charge on any atom is 0.327 e. The van der Waals surface area contributed by atoms with E-state index in [2.05, 4.69) is 5.32 Å². The highest BCUT2D eigenvalue weighted by Gasteiger charge is 2.32. The van der Waals surface area contributed by atoms with Gasteiger partial charge in [0.15, 0.2) is 0 Å². The predicted molar refractivity (Wildman–Crippen MR) is 85.1 cm³/mol. The first-order valence-corrected chi connectivity index (χ1v) is 8.01. The number of aliphatic carboxylic acids is 1. The lowest BCUT2D eigenvalue weighted by Gasteiger charge is -2.32. The van der Waals surface area contributed by atoms with E-state index in [9.17, 15) is 14.7 Å². The van der Waals surface area contributed by atoms with Crippen LogP contribution in [0.25, 0.3) is 0 Å². The minimum Gasteiger partial charge on any atom is -0.480 e. The van der Waals surface area contributed by atoms with Gasteiger partial charge in [-0.1, -0.05) is 17.7 Å². The quantitative estimate of drug-likeness (QED) is 0.881. The molecule has 5 nitrogen and oxygen atoms in total. The zero-order valence-corrected chi connectivity index (χ0v) is 13.3. The Labute approximate surface area is 128 Å². The lowest BCUT2D eigenvalue weighted by Crippen LogP contribution is -2.51. The molecule has 0 aliphatic carbocycles. The van der Waals surface area contributed by atoms with Crippen molar-refractivity contribution in [3.63, 3.8) is 0 Å². The van der Waals surface area contributed by atoms with Crippen molar-refractivity contribution in [1.82, 2.24) is 4.90 Å². The highest BCUT2D eigenvalue weighted by molar-refractivity contribution is 7.99. The van der Waals surface area contributed by atoms with Gasteiger partial charge in [-0.2, -0.15) is 11.8 Å². The summed E-state index contributed by atoms with van der Waals surface area (Å²) in [4.78, 5) is 25.1. The summed E-state index contributed by atoms with van der Waals surface area (Å²) in [5.74, 6) is 0.257. The number of benzene rings is 1. The van der Waals surface area contributed by atoms with Crippen molar-refractivity contribution in [2.24, 2.45) is 0 Å². The number of hydrogen-bond donors (Lipinski definition) is 2. The van der Waals surface area contributed by atoms with Gasteiger partial charge in [0.25, 0.3) is 0 Å². The molecular formula is C15H20N2O3S. The van der Waals surface area contributed by atoms with Crippen molar-refractivity contribution in [1.29, 1.82) is 0 Å². The fraction of sp³-hybridized carbons (Fsp3) is 0.467. The summed E-state index contributed by atoms with van der Waals surface area (Å²) in [6.45, 7) is 6.35. The van der Waals surface area contributed by atoms with Crippen LogP contribution >= 0.6 is 11.8 Å². The summed E-state index contributed by atoms with van der Waals surface area (Å²) >= 11 is 1.56. The average molecular weight is 308 g/mol. The third-order valence-corrected chi connectivity index (χ3v) is 4.61. The summed E-state index contributed by atoms with van der Waals surface area (Å²) in [5.41, 5.74) is 3.88. The first-order chi connectivity index (χ1) is 9.90. The van der Waals surface area contributed by atoms with E-state index in [0.717, 1.165) is 28.1 Å². The SMILES string of the molecule is Cc1cc(C)c(NC(=O)N2CCSCC2C(=O)O)c(C)c1. The number of hydrogen-bond acceptors (Lipinski definition) is 3. The number of rotatable bonds is 2. The number of urea groups is 1. The molecule has 2 amide bonds.